The van der Waals surface area contributed by atoms with Crippen LogP contribution in [0, 0.1) is 6.92 Å². The van der Waals surface area contributed by atoms with Crippen LogP contribution in [0.1, 0.15) is 18.1 Å². The van der Waals surface area contributed by atoms with Crippen LogP contribution in [0.4, 0.5) is 0 Å². The van der Waals surface area contributed by atoms with Crippen LogP contribution in [-0.4, -0.2) is 14.7 Å². The Balaban J connectivity index is 2.45. The van der Waals surface area contributed by atoms with Crippen molar-refractivity contribution in [2.24, 2.45) is 0 Å². The molecule has 0 aliphatic heterocycles. The molecule has 0 spiro atoms. The first-order chi connectivity index (χ1) is 11.1. The maximum absolute atomic E-state index is 12.9. The molecule has 0 aliphatic rings. The second kappa shape index (κ2) is 6.08. The molecule has 2 aromatic heterocycles. The van der Waals surface area contributed by atoms with Crippen LogP contribution in [0.3, 0.4) is 0 Å². The Morgan fingerprint density at radius 1 is 1.09 bits per heavy atom. The molecule has 0 aliphatic carbocycles. The lowest BCUT2D eigenvalue weighted by molar-refractivity contribution is 0.461. The molecular formula is C19H18N2O2. The fourth-order valence-electron chi connectivity index (χ4n) is 2.81. The molecule has 116 valence electrons. The van der Waals surface area contributed by atoms with Gasteiger partial charge in [0, 0.05) is 11.8 Å². The first-order valence-corrected chi connectivity index (χ1v) is 7.59. The fourth-order valence-corrected chi connectivity index (χ4v) is 2.81. The molecule has 0 saturated heterocycles. The van der Waals surface area contributed by atoms with Crippen molar-refractivity contribution in [2.45, 2.75) is 20.3 Å². The molecule has 0 saturated carbocycles. The van der Waals surface area contributed by atoms with Crippen molar-refractivity contribution in [3.8, 4) is 22.8 Å². The minimum absolute atomic E-state index is 0.0727. The number of nitrogens with zero attached hydrogens (tertiary/aromatic N) is 2. The maximum Gasteiger partial charge on any atom is 0.263 e. The highest BCUT2D eigenvalue weighted by Crippen LogP contribution is 2.31. The summed E-state index contributed by atoms with van der Waals surface area (Å²) in [4.78, 5) is 17.3. The molecule has 3 rings (SSSR count). The molecule has 0 unspecified atom stereocenters. The zero-order valence-corrected chi connectivity index (χ0v) is 13.2. The van der Waals surface area contributed by atoms with E-state index in [9.17, 15) is 9.90 Å². The molecule has 4 heteroatoms. The Hall–Kier alpha value is -2.88. The van der Waals surface area contributed by atoms with E-state index in [1.807, 2.05) is 56.3 Å². The number of pyridine rings is 2. The van der Waals surface area contributed by atoms with Gasteiger partial charge in [-0.2, -0.15) is 0 Å². The Morgan fingerprint density at radius 3 is 2.39 bits per heavy atom. The molecule has 0 bridgehead atoms. The summed E-state index contributed by atoms with van der Waals surface area (Å²) in [7, 11) is 0. The van der Waals surface area contributed by atoms with E-state index in [2.05, 4.69) is 4.98 Å². The number of hydrogen-bond donors (Lipinski definition) is 1. The summed E-state index contributed by atoms with van der Waals surface area (Å²) < 4.78 is 1.59. The van der Waals surface area contributed by atoms with Crippen molar-refractivity contribution in [2.75, 3.05) is 0 Å². The second-order valence-electron chi connectivity index (χ2n) is 5.35. The van der Waals surface area contributed by atoms with E-state index < -0.39 is 0 Å². The van der Waals surface area contributed by atoms with Gasteiger partial charge in [0.1, 0.15) is 11.6 Å². The summed E-state index contributed by atoms with van der Waals surface area (Å²) in [6.07, 6.45) is 2.12. The van der Waals surface area contributed by atoms with E-state index in [-0.39, 0.29) is 11.3 Å². The highest BCUT2D eigenvalue weighted by atomic mass is 16.3. The summed E-state index contributed by atoms with van der Waals surface area (Å²) in [5.74, 6) is 0.623. The molecule has 1 aromatic carbocycles. The lowest BCUT2D eigenvalue weighted by atomic mass is 10.0. The van der Waals surface area contributed by atoms with Gasteiger partial charge in [-0.05, 0) is 31.0 Å². The zero-order valence-electron chi connectivity index (χ0n) is 13.2. The quantitative estimate of drug-likeness (QED) is 0.806. The topological polar surface area (TPSA) is 55.1 Å². The molecule has 3 aromatic rings. The molecule has 2 heterocycles. The van der Waals surface area contributed by atoms with Crippen LogP contribution in [0.5, 0.6) is 5.75 Å². The number of rotatable bonds is 3. The van der Waals surface area contributed by atoms with Gasteiger partial charge in [0.05, 0.1) is 11.3 Å². The van der Waals surface area contributed by atoms with Crippen molar-refractivity contribution in [1.29, 1.82) is 0 Å². The van der Waals surface area contributed by atoms with Crippen LogP contribution >= 0.6 is 0 Å². The average molecular weight is 306 g/mol. The maximum atomic E-state index is 12.9. The van der Waals surface area contributed by atoms with Gasteiger partial charge in [0.25, 0.3) is 5.56 Å². The number of aromatic nitrogens is 2. The standard InChI is InChI=1S/C19H18N2O2/c1-3-15-18(22)13(2)17(14-9-5-4-6-10-14)21(19(15)23)16-11-7-8-12-20-16/h4-12,22H,3H2,1-2H3. The Labute approximate surface area is 134 Å². The van der Waals surface area contributed by atoms with E-state index in [1.165, 1.54) is 0 Å². The summed E-state index contributed by atoms with van der Waals surface area (Å²) in [6, 6.07) is 15.0. The smallest absolute Gasteiger partial charge is 0.263 e. The van der Waals surface area contributed by atoms with Crippen LogP contribution < -0.4 is 5.56 Å². The van der Waals surface area contributed by atoms with Crippen LogP contribution in [-0.2, 0) is 6.42 Å². The van der Waals surface area contributed by atoms with Gasteiger partial charge in [-0.3, -0.25) is 9.36 Å². The van der Waals surface area contributed by atoms with Crippen molar-refractivity contribution in [3.63, 3.8) is 0 Å². The third kappa shape index (κ3) is 2.52. The third-order valence-electron chi connectivity index (χ3n) is 3.96. The molecule has 1 N–H and O–H groups in total. The Kier molecular flexibility index (Phi) is 3.98. The first-order valence-electron chi connectivity index (χ1n) is 7.59. The van der Waals surface area contributed by atoms with Gasteiger partial charge < -0.3 is 5.11 Å². The van der Waals surface area contributed by atoms with E-state index >= 15 is 0 Å². The number of aromatic hydroxyl groups is 1. The molecule has 0 amide bonds. The normalized spacial score (nSPS) is 10.7. The predicted octanol–water partition coefficient (Wildman–Crippen LogP) is 3.48. The highest BCUT2D eigenvalue weighted by molar-refractivity contribution is 5.69. The highest BCUT2D eigenvalue weighted by Gasteiger charge is 2.20. The molecule has 0 radical (unpaired) electrons. The average Bonchev–Trinajstić information content (AvgIpc) is 2.60. The third-order valence-corrected chi connectivity index (χ3v) is 3.96. The minimum atomic E-state index is -0.229. The van der Waals surface area contributed by atoms with E-state index in [0.29, 0.717) is 29.1 Å². The lowest BCUT2D eigenvalue weighted by Gasteiger charge is -2.18. The number of benzene rings is 1. The molecule has 0 atom stereocenters. The van der Waals surface area contributed by atoms with Gasteiger partial charge in [-0.1, -0.05) is 43.3 Å². The van der Waals surface area contributed by atoms with Crippen molar-refractivity contribution >= 4 is 0 Å². The summed E-state index contributed by atoms with van der Waals surface area (Å²) in [6.45, 7) is 3.69. The Morgan fingerprint density at radius 2 is 1.78 bits per heavy atom. The largest absolute Gasteiger partial charge is 0.507 e. The van der Waals surface area contributed by atoms with Crippen molar-refractivity contribution in [1.82, 2.24) is 9.55 Å². The molecule has 4 nitrogen and oxygen atoms in total. The summed E-state index contributed by atoms with van der Waals surface area (Å²) in [5.41, 5.74) is 2.40. The van der Waals surface area contributed by atoms with Crippen LogP contribution in [0.2, 0.25) is 0 Å². The summed E-state index contributed by atoms with van der Waals surface area (Å²) in [5, 5.41) is 10.5. The van der Waals surface area contributed by atoms with Crippen LogP contribution in [0.15, 0.2) is 59.5 Å². The predicted molar refractivity (Wildman–Crippen MR) is 91.0 cm³/mol. The van der Waals surface area contributed by atoms with Gasteiger partial charge in [-0.15, -0.1) is 0 Å². The lowest BCUT2D eigenvalue weighted by Crippen LogP contribution is -2.25. The van der Waals surface area contributed by atoms with E-state index in [1.54, 1.807) is 16.8 Å². The molecular weight excluding hydrogens is 288 g/mol. The minimum Gasteiger partial charge on any atom is -0.507 e. The van der Waals surface area contributed by atoms with Gasteiger partial charge in [0.15, 0.2) is 0 Å². The van der Waals surface area contributed by atoms with E-state index in [0.717, 1.165) is 5.56 Å². The monoisotopic (exact) mass is 306 g/mol. The number of hydrogen-bond acceptors (Lipinski definition) is 3. The summed E-state index contributed by atoms with van der Waals surface area (Å²) >= 11 is 0. The molecule has 23 heavy (non-hydrogen) atoms. The van der Waals surface area contributed by atoms with Crippen LogP contribution in [0.25, 0.3) is 17.1 Å². The zero-order chi connectivity index (χ0) is 16.4. The SMILES string of the molecule is CCc1c(O)c(C)c(-c2ccccc2)n(-c2ccccn2)c1=O. The van der Waals surface area contributed by atoms with Crippen molar-refractivity contribution in [3.05, 3.63) is 76.2 Å². The second-order valence-corrected chi connectivity index (χ2v) is 5.35. The first kappa shape index (κ1) is 15.0. The fraction of sp³-hybridized carbons (Fsp3) is 0.158. The van der Waals surface area contributed by atoms with Gasteiger partial charge >= 0.3 is 0 Å². The molecule has 0 fully saturated rings. The van der Waals surface area contributed by atoms with Gasteiger partial charge in [0.2, 0.25) is 0 Å². The Bertz CT molecular complexity index is 885. The van der Waals surface area contributed by atoms with Crippen molar-refractivity contribution < 1.29 is 5.11 Å². The van der Waals surface area contributed by atoms with E-state index in [4.69, 9.17) is 0 Å². The van der Waals surface area contributed by atoms with Gasteiger partial charge in [-0.25, -0.2) is 4.98 Å².